The summed E-state index contributed by atoms with van der Waals surface area (Å²) in [5.41, 5.74) is 2.61. The number of fused-ring (bicyclic) bond motifs is 1. The van der Waals surface area contributed by atoms with Crippen molar-refractivity contribution < 1.29 is 14.9 Å². The van der Waals surface area contributed by atoms with Crippen LogP contribution in [0.1, 0.15) is 11.1 Å². The fourth-order valence-electron chi connectivity index (χ4n) is 3.09. The van der Waals surface area contributed by atoms with Gasteiger partial charge in [-0.05, 0) is 35.9 Å². The van der Waals surface area contributed by atoms with E-state index in [2.05, 4.69) is 4.98 Å². The minimum atomic E-state index is -0.368. The van der Waals surface area contributed by atoms with Crippen LogP contribution >= 0.6 is 0 Å². The third kappa shape index (κ3) is 3.12. The van der Waals surface area contributed by atoms with Crippen molar-refractivity contribution in [1.29, 1.82) is 0 Å². The normalized spacial score (nSPS) is 11.3. The number of H-pyrrole nitrogens is 1. The number of hydrogen-bond donors (Lipinski definition) is 3. The molecule has 0 atom stereocenters. The maximum atomic E-state index is 12.4. The topological polar surface area (TPSA) is 87.5 Å². The molecule has 4 rings (SSSR count). The standard InChI is InChI=1S/C22H18N2O4/c1-28-16-10-7-14(8-11-16)6-9-15-12-19(21(26)13-20(15)25)24-18-5-3-2-4-17(18)23-22(24)27/h2-13,25-26H,1H3,(H,23,27). The number of benzene rings is 3. The van der Waals surface area contributed by atoms with Gasteiger partial charge in [-0.1, -0.05) is 36.4 Å². The predicted octanol–water partition coefficient (Wildman–Crippen LogP) is 3.91. The van der Waals surface area contributed by atoms with Crippen molar-refractivity contribution >= 4 is 23.2 Å². The zero-order valence-electron chi connectivity index (χ0n) is 15.1. The van der Waals surface area contributed by atoms with Gasteiger partial charge in [0.2, 0.25) is 0 Å². The molecular weight excluding hydrogens is 356 g/mol. The minimum absolute atomic E-state index is 0.0844. The first-order chi connectivity index (χ1) is 13.6. The van der Waals surface area contributed by atoms with E-state index in [1.807, 2.05) is 42.5 Å². The van der Waals surface area contributed by atoms with Gasteiger partial charge in [-0.15, -0.1) is 0 Å². The summed E-state index contributed by atoms with van der Waals surface area (Å²) in [6, 6.07) is 17.5. The maximum Gasteiger partial charge on any atom is 0.331 e. The molecule has 0 radical (unpaired) electrons. The number of nitrogens with one attached hydrogen (secondary N) is 1. The van der Waals surface area contributed by atoms with Gasteiger partial charge in [0.25, 0.3) is 0 Å². The van der Waals surface area contributed by atoms with Crippen molar-refractivity contribution in [3.63, 3.8) is 0 Å². The number of rotatable bonds is 4. The van der Waals surface area contributed by atoms with Crippen LogP contribution in [0.25, 0.3) is 28.9 Å². The zero-order valence-corrected chi connectivity index (χ0v) is 15.1. The van der Waals surface area contributed by atoms with Gasteiger partial charge in [-0.2, -0.15) is 0 Å². The Morgan fingerprint density at radius 2 is 1.71 bits per heavy atom. The fourth-order valence-corrected chi connectivity index (χ4v) is 3.09. The smallest absolute Gasteiger partial charge is 0.331 e. The summed E-state index contributed by atoms with van der Waals surface area (Å²) in [6.45, 7) is 0. The van der Waals surface area contributed by atoms with Crippen LogP contribution in [0.2, 0.25) is 0 Å². The Balaban J connectivity index is 1.79. The molecule has 0 aliphatic carbocycles. The number of aromatic hydroxyl groups is 2. The predicted molar refractivity (Wildman–Crippen MR) is 109 cm³/mol. The molecule has 6 heteroatoms. The summed E-state index contributed by atoms with van der Waals surface area (Å²) < 4.78 is 6.52. The highest BCUT2D eigenvalue weighted by Crippen LogP contribution is 2.32. The highest BCUT2D eigenvalue weighted by molar-refractivity contribution is 5.80. The average Bonchev–Trinajstić information content (AvgIpc) is 3.03. The molecule has 28 heavy (non-hydrogen) atoms. The summed E-state index contributed by atoms with van der Waals surface area (Å²) in [6.07, 6.45) is 3.55. The fraction of sp³-hybridized carbons (Fsp3) is 0.0455. The van der Waals surface area contributed by atoms with Crippen molar-refractivity contribution in [3.8, 4) is 22.9 Å². The van der Waals surface area contributed by atoms with Crippen LogP contribution in [0, 0.1) is 0 Å². The first-order valence-corrected chi connectivity index (χ1v) is 8.65. The Hall–Kier alpha value is -3.93. The van der Waals surface area contributed by atoms with Crippen molar-refractivity contribution in [3.05, 3.63) is 82.3 Å². The molecule has 3 N–H and O–H groups in total. The third-order valence-electron chi connectivity index (χ3n) is 4.53. The van der Waals surface area contributed by atoms with Crippen LogP contribution in [-0.2, 0) is 0 Å². The van der Waals surface area contributed by atoms with E-state index in [4.69, 9.17) is 4.74 Å². The number of aromatic nitrogens is 2. The Bertz CT molecular complexity index is 1230. The van der Waals surface area contributed by atoms with Crippen molar-refractivity contribution in [2.24, 2.45) is 0 Å². The molecule has 3 aromatic carbocycles. The number of phenols is 2. The largest absolute Gasteiger partial charge is 0.507 e. The van der Waals surface area contributed by atoms with Gasteiger partial charge in [0.05, 0.1) is 23.8 Å². The van der Waals surface area contributed by atoms with Gasteiger partial charge >= 0.3 is 5.69 Å². The average molecular weight is 374 g/mol. The first-order valence-electron chi connectivity index (χ1n) is 8.65. The molecule has 0 fully saturated rings. The second-order valence-electron chi connectivity index (χ2n) is 6.29. The molecule has 4 aromatic rings. The van der Waals surface area contributed by atoms with E-state index in [-0.39, 0.29) is 22.9 Å². The van der Waals surface area contributed by atoms with E-state index in [1.165, 1.54) is 10.6 Å². The molecule has 140 valence electrons. The van der Waals surface area contributed by atoms with Crippen molar-refractivity contribution in [2.75, 3.05) is 7.11 Å². The summed E-state index contributed by atoms with van der Waals surface area (Å²) in [5.74, 6) is 0.482. The summed E-state index contributed by atoms with van der Waals surface area (Å²) in [7, 11) is 1.60. The SMILES string of the molecule is COc1ccc(C=Cc2cc(-n3c(=O)[nH]c4ccccc43)c(O)cc2O)cc1. The molecule has 0 spiro atoms. The van der Waals surface area contributed by atoms with E-state index in [0.29, 0.717) is 16.6 Å². The van der Waals surface area contributed by atoms with Crippen molar-refractivity contribution in [2.45, 2.75) is 0 Å². The second-order valence-corrected chi connectivity index (χ2v) is 6.29. The van der Waals surface area contributed by atoms with Crippen LogP contribution in [-0.4, -0.2) is 26.9 Å². The Kier molecular flexibility index (Phi) is 4.37. The Morgan fingerprint density at radius 3 is 2.46 bits per heavy atom. The van der Waals surface area contributed by atoms with Crippen LogP contribution in [0.4, 0.5) is 0 Å². The van der Waals surface area contributed by atoms with E-state index >= 15 is 0 Å². The van der Waals surface area contributed by atoms with E-state index in [1.54, 1.807) is 31.4 Å². The first kappa shape index (κ1) is 17.5. The van der Waals surface area contributed by atoms with E-state index in [9.17, 15) is 15.0 Å². The van der Waals surface area contributed by atoms with Crippen LogP contribution in [0.3, 0.4) is 0 Å². The van der Waals surface area contributed by atoms with Crippen molar-refractivity contribution in [1.82, 2.24) is 9.55 Å². The summed E-state index contributed by atoms with van der Waals surface area (Å²) >= 11 is 0. The van der Waals surface area contributed by atoms with Gasteiger partial charge in [0, 0.05) is 11.6 Å². The molecule has 1 heterocycles. The van der Waals surface area contributed by atoms with Gasteiger partial charge in [0.1, 0.15) is 17.2 Å². The Morgan fingerprint density at radius 1 is 0.964 bits per heavy atom. The number of ether oxygens (including phenoxy) is 1. The lowest BCUT2D eigenvalue weighted by atomic mass is 10.1. The van der Waals surface area contributed by atoms with Gasteiger partial charge in [-0.25, -0.2) is 4.79 Å². The number of imidazole rings is 1. The monoisotopic (exact) mass is 374 g/mol. The summed E-state index contributed by atoms with van der Waals surface area (Å²) in [5, 5.41) is 20.6. The zero-order chi connectivity index (χ0) is 19.7. The summed E-state index contributed by atoms with van der Waals surface area (Å²) in [4.78, 5) is 15.2. The number of hydrogen-bond acceptors (Lipinski definition) is 4. The van der Waals surface area contributed by atoms with Crippen LogP contribution in [0.5, 0.6) is 17.2 Å². The molecule has 0 aliphatic rings. The Labute approximate surface area is 160 Å². The quantitative estimate of drug-likeness (QED) is 0.473. The van der Waals surface area contributed by atoms with Gasteiger partial charge < -0.3 is 19.9 Å². The molecule has 0 saturated carbocycles. The lowest BCUT2D eigenvalue weighted by Gasteiger charge is -2.09. The van der Waals surface area contributed by atoms with E-state index < -0.39 is 0 Å². The number of aromatic amines is 1. The highest BCUT2D eigenvalue weighted by atomic mass is 16.5. The van der Waals surface area contributed by atoms with Crippen LogP contribution in [0.15, 0.2) is 65.5 Å². The number of para-hydroxylation sites is 2. The maximum absolute atomic E-state index is 12.4. The molecule has 1 aromatic heterocycles. The highest BCUT2D eigenvalue weighted by Gasteiger charge is 2.14. The molecule has 0 amide bonds. The lowest BCUT2D eigenvalue weighted by molar-refractivity contribution is 0.415. The molecule has 6 nitrogen and oxygen atoms in total. The second kappa shape index (κ2) is 7.00. The van der Waals surface area contributed by atoms with Crippen LogP contribution < -0.4 is 10.4 Å². The molecule has 0 saturated heterocycles. The van der Waals surface area contributed by atoms with Gasteiger partial charge in [0.15, 0.2) is 0 Å². The molecular formula is C22H18N2O4. The molecule has 0 bridgehead atoms. The van der Waals surface area contributed by atoms with E-state index in [0.717, 1.165) is 11.3 Å². The molecule has 0 aliphatic heterocycles. The minimum Gasteiger partial charge on any atom is -0.507 e. The molecule has 0 unspecified atom stereocenters. The number of phenolic OH excluding ortho intramolecular Hbond substituents is 2. The van der Waals surface area contributed by atoms with Gasteiger partial charge in [-0.3, -0.25) is 4.57 Å². The lowest BCUT2D eigenvalue weighted by Crippen LogP contribution is -2.14. The number of methoxy groups -OCH3 is 1. The number of nitrogens with zero attached hydrogens (tertiary/aromatic N) is 1. The third-order valence-corrected chi connectivity index (χ3v) is 4.53.